The molecule has 146 valence electrons. The van der Waals surface area contributed by atoms with E-state index in [1.807, 2.05) is 49.4 Å². The molecule has 0 saturated heterocycles. The van der Waals surface area contributed by atoms with Gasteiger partial charge in [0, 0.05) is 19.2 Å². The number of rotatable bonds is 6. The smallest absolute Gasteiger partial charge is 0.331 e. The summed E-state index contributed by atoms with van der Waals surface area (Å²) in [5.74, 6) is 0.0778. The Hall–Kier alpha value is -3.08. The lowest BCUT2D eigenvalue weighted by Crippen LogP contribution is -2.42. The van der Waals surface area contributed by atoms with Gasteiger partial charge < -0.3 is 14.4 Å². The molecule has 1 heterocycles. The second-order valence-corrected chi connectivity index (χ2v) is 6.69. The van der Waals surface area contributed by atoms with Gasteiger partial charge in [0.25, 0.3) is 5.91 Å². The van der Waals surface area contributed by atoms with Gasteiger partial charge in [-0.1, -0.05) is 36.4 Å². The van der Waals surface area contributed by atoms with E-state index < -0.39 is 12.1 Å². The van der Waals surface area contributed by atoms with Crippen LogP contribution in [0.1, 0.15) is 30.5 Å². The summed E-state index contributed by atoms with van der Waals surface area (Å²) in [7, 11) is 0. The summed E-state index contributed by atoms with van der Waals surface area (Å²) >= 11 is 0. The summed E-state index contributed by atoms with van der Waals surface area (Å²) in [5, 5.41) is 0. The van der Waals surface area contributed by atoms with Crippen molar-refractivity contribution < 1.29 is 19.1 Å². The van der Waals surface area contributed by atoms with E-state index in [1.165, 1.54) is 11.6 Å². The van der Waals surface area contributed by atoms with Gasteiger partial charge in [0.2, 0.25) is 0 Å². The highest BCUT2D eigenvalue weighted by molar-refractivity contribution is 5.90. The van der Waals surface area contributed by atoms with Crippen molar-refractivity contribution in [1.82, 2.24) is 4.90 Å². The Balaban J connectivity index is 1.53. The van der Waals surface area contributed by atoms with E-state index in [0.29, 0.717) is 19.7 Å². The molecule has 0 aliphatic carbocycles. The van der Waals surface area contributed by atoms with Crippen LogP contribution in [0.2, 0.25) is 0 Å². The summed E-state index contributed by atoms with van der Waals surface area (Å²) in [6, 6.07) is 15.5. The van der Waals surface area contributed by atoms with Crippen molar-refractivity contribution in [3.63, 3.8) is 0 Å². The van der Waals surface area contributed by atoms with E-state index in [9.17, 15) is 9.59 Å². The average Bonchev–Trinajstić information content (AvgIpc) is 2.72. The first-order valence-corrected chi connectivity index (χ1v) is 9.54. The number of carbonyl (C=O) groups is 2. The molecule has 0 radical (unpaired) electrons. The van der Waals surface area contributed by atoms with Crippen molar-refractivity contribution in [1.29, 1.82) is 0 Å². The fraction of sp³-hybridized carbons (Fsp3) is 0.304. The molecule has 5 nitrogen and oxygen atoms in total. The number of hydrogen-bond acceptors (Lipinski definition) is 4. The van der Waals surface area contributed by atoms with Crippen LogP contribution in [0.3, 0.4) is 0 Å². The van der Waals surface area contributed by atoms with Gasteiger partial charge in [0.15, 0.2) is 6.10 Å². The van der Waals surface area contributed by atoms with Crippen LogP contribution in [0.25, 0.3) is 6.08 Å². The van der Waals surface area contributed by atoms with Crippen LogP contribution in [0.15, 0.2) is 54.6 Å². The maximum atomic E-state index is 12.6. The van der Waals surface area contributed by atoms with Crippen LogP contribution >= 0.6 is 0 Å². The lowest BCUT2D eigenvalue weighted by Gasteiger charge is -2.30. The lowest BCUT2D eigenvalue weighted by molar-refractivity contribution is -0.155. The molecule has 2 aromatic carbocycles. The van der Waals surface area contributed by atoms with E-state index >= 15 is 0 Å². The quantitative estimate of drug-likeness (QED) is 0.568. The van der Waals surface area contributed by atoms with Crippen molar-refractivity contribution in [2.45, 2.75) is 32.9 Å². The Morgan fingerprint density at radius 3 is 2.54 bits per heavy atom. The van der Waals surface area contributed by atoms with Gasteiger partial charge in [-0.2, -0.15) is 0 Å². The van der Waals surface area contributed by atoms with Gasteiger partial charge in [0.05, 0.1) is 6.61 Å². The maximum absolute atomic E-state index is 12.6. The largest absolute Gasteiger partial charge is 0.494 e. The molecule has 0 aromatic heterocycles. The molecule has 2 aromatic rings. The number of carbonyl (C=O) groups excluding carboxylic acids is 2. The molecule has 0 bridgehead atoms. The van der Waals surface area contributed by atoms with E-state index in [2.05, 4.69) is 6.07 Å². The number of nitrogens with zero attached hydrogens (tertiary/aromatic N) is 1. The van der Waals surface area contributed by atoms with Crippen LogP contribution < -0.4 is 4.74 Å². The average molecular weight is 379 g/mol. The molecule has 0 spiro atoms. The Kier molecular flexibility index (Phi) is 6.48. The van der Waals surface area contributed by atoms with E-state index in [0.717, 1.165) is 23.3 Å². The highest BCUT2D eigenvalue weighted by Gasteiger charge is 2.26. The predicted molar refractivity (Wildman–Crippen MR) is 108 cm³/mol. The molecule has 0 N–H and O–H groups in total. The van der Waals surface area contributed by atoms with Gasteiger partial charge in [-0.05, 0) is 55.2 Å². The molecule has 1 aliphatic heterocycles. The zero-order valence-electron chi connectivity index (χ0n) is 16.3. The molecular formula is C23H25NO4. The Morgan fingerprint density at radius 1 is 1.11 bits per heavy atom. The minimum Gasteiger partial charge on any atom is -0.494 e. The SMILES string of the molecule is CCOc1ccc(/C=C/C(=O)OC(C)C(=O)N2CCc3ccccc3C2)cc1. The number of benzene rings is 2. The second kappa shape index (κ2) is 9.22. The third-order valence-corrected chi connectivity index (χ3v) is 4.69. The van der Waals surface area contributed by atoms with E-state index in [4.69, 9.17) is 9.47 Å². The van der Waals surface area contributed by atoms with Gasteiger partial charge in [-0.15, -0.1) is 0 Å². The van der Waals surface area contributed by atoms with Crippen LogP contribution in [-0.4, -0.2) is 36.0 Å². The van der Waals surface area contributed by atoms with Crippen molar-refractivity contribution in [2.24, 2.45) is 0 Å². The predicted octanol–water partition coefficient (Wildman–Crippen LogP) is 3.62. The number of amides is 1. The molecular weight excluding hydrogens is 354 g/mol. The summed E-state index contributed by atoms with van der Waals surface area (Å²) in [6.07, 6.45) is 3.00. The number of fused-ring (bicyclic) bond motifs is 1. The Bertz CT molecular complexity index is 857. The molecule has 1 atom stereocenters. The minimum atomic E-state index is -0.817. The van der Waals surface area contributed by atoms with Crippen LogP contribution in [-0.2, 0) is 27.3 Å². The summed E-state index contributed by atoms with van der Waals surface area (Å²) < 4.78 is 10.7. The molecule has 3 rings (SSSR count). The highest BCUT2D eigenvalue weighted by atomic mass is 16.5. The molecule has 5 heteroatoms. The van der Waals surface area contributed by atoms with Crippen LogP contribution in [0.4, 0.5) is 0 Å². The number of ether oxygens (including phenoxy) is 2. The molecule has 0 fully saturated rings. The third-order valence-electron chi connectivity index (χ3n) is 4.69. The van der Waals surface area contributed by atoms with Gasteiger partial charge in [-0.25, -0.2) is 4.79 Å². The van der Waals surface area contributed by atoms with Crippen LogP contribution in [0, 0.1) is 0 Å². The third kappa shape index (κ3) is 5.00. The maximum Gasteiger partial charge on any atom is 0.331 e. The normalized spacial score (nSPS) is 14.4. The molecule has 1 aliphatic rings. The van der Waals surface area contributed by atoms with Crippen LogP contribution in [0.5, 0.6) is 5.75 Å². The molecule has 1 amide bonds. The van der Waals surface area contributed by atoms with E-state index in [1.54, 1.807) is 17.9 Å². The molecule has 0 saturated carbocycles. The van der Waals surface area contributed by atoms with Crippen molar-refractivity contribution in [2.75, 3.05) is 13.2 Å². The van der Waals surface area contributed by atoms with Gasteiger partial charge in [-0.3, -0.25) is 4.79 Å². The first-order chi connectivity index (χ1) is 13.6. The topological polar surface area (TPSA) is 55.8 Å². The standard InChI is InChI=1S/C23H25NO4/c1-3-27-21-11-8-18(9-12-21)10-13-22(25)28-17(2)23(26)24-15-14-19-6-4-5-7-20(19)16-24/h4-13,17H,3,14-16H2,1-2H3/b13-10+. The number of hydrogen-bond donors (Lipinski definition) is 0. The van der Waals surface area contributed by atoms with E-state index in [-0.39, 0.29) is 5.91 Å². The first kappa shape index (κ1) is 19.7. The zero-order chi connectivity index (χ0) is 19.9. The van der Waals surface area contributed by atoms with Crippen molar-refractivity contribution in [3.8, 4) is 5.75 Å². The summed E-state index contributed by atoms with van der Waals surface area (Å²) in [5.41, 5.74) is 3.28. The van der Waals surface area contributed by atoms with Gasteiger partial charge >= 0.3 is 5.97 Å². The van der Waals surface area contributed by atoms with Gasteiger partial charge in [0.1, 0.15) is 5.75 Å². The first-order valence-electron chi connectivity index (χ1n) is 9.54. The number of esters is 1. The Morgan fingerprint density at radius 2 is 1.82 bits per heavy atom. The zero-order valence-corrected chi connectivity index (χ0v) is 16.3. The monoisotopic (exact) mass is 379 g/mol. The van der Waals surface area contributed by atoms with Crippen molar-refractivity contribution in [3.05, 3.63) is 71.3 Å². The fourth-order valence-electron chi connectivity index (χ4n) is 3.21. The lowest BCUT2D eigenvalue weighted by atomic mass is 9.99. The second-order valence-electron chi connectivity index (χ2n) is 6.69. The minimum absolute atomic E-state index is 0.169. The summed E-state index contributed by atoms with van der Waals surface area (Å²) in [4.78, 5) is 26.5. The molecule has 1 unspecified atom stereocenters. The highest BCUT2D eigenvalue weighted by Crippen LogP contribution is 2.19. The molecule has 28 heavy (non-hydrogen) atoms. The Labute approximate surface area is 165 Å². The van der Waals surface area contributed by atoms with Crippen molar-refractivity contribution >= 4 is 18.0 Å². The fourth-order valence-corrected chi connectivity index (χ4v) is 3.21. The summed E-state index contributed by atoms with van der Waals surface area (Å²) in [6.45, 7) is 5.34.